The molecule has 0 bridgehead atoms. The van der Waals surface area contributed by atoms with Gasteiger partial charge in [0.1, 0.15) is 0 Å². The van der Waals surface area contributed by atoms with Crippen molar-refractivity contribution in [2.75, 3.05) is 7.05 Å². The third-order valence-corrected chi connectivity index (χ3v) is 1.34. The fraction of sp³-hybridized carbons (Fsp3) is 1.00. The lowest BCUT2D eigenvalue weighted by molar-refractivity contribution is 0.367. The molecule has 0 heterocycles. The third-order valence-electron chi connectivity index (χ3n) is 1.34. The van der Waals surface area contributed by atoms with Crippen molar-refractivity contribution in [2.24, 2.45) is 5.73 Å². The van der Waals surface area contributed by atoms with Crippen LogP contribution < -0.4 is 11.1 Å². The van der Waals surface area contributed by atoms with Crippen molar-refractivity contribution in [2.45, 2.75) is 32.4 Å². The highest BCUT2D eigenvalue weighted by Crippen LogP contribution is 2.01. The number of nitrogens with two attached hydrogens (primary N) is 1. The molecule has 0 rings (SSSR count). The zero-order valence-corrected chi connectivity index (χ0v) is 5.99. The SMILES string of the molecule is CCCC(C)(N)NC. The van der Waals surface area contributed by atoms with Gasteiger partial charge in [-0.05, 0) is 20.4 Å². The highest BCUT2D eigenvalue weighted by atomic mass is 15.1. The molecule has 0 saturated carbocycles. The predicted molar refractivity (Wildman–Crippen MR) is 36.6 cm³/mol. The monoisotopic (exact) mass is 116 g/mol. The van der Waals surface area contributed by atoms with Gasteiger partial charge < -0.3 is 11.1 Å². The molecule has 8 heavy (non-hydrogen) atoms. The van der Waals surface area contributed by atoms with E-state index in [2.05, 4.69) is 12.2 Å². The van der Waals surface area contributed by atoms with Gasteiger partial charge in [-0.1, -0.05) is 13.3 Å². The first kappa shape index (κ1) is 7.92. The van der Waals surface area contributed by atoms with E-state index in [0.29, 0.717) is 0 Å². The van der Waals surface area contributed by atoms with Gasteiger partial charge in [0, 0.05) is 0 Å². The molecule has 3 N–H and O–H groups in total. The van der Waals surface area contributed by atoms with Crippen LogP contribution in [-0.4, -0.2) is 12.7 Å². The molecule has 0 spiro atoms. The van der Waals surface area contributed by atoms with Crippen molar-refractivity contribution >= 4 is 0 Å². The van der Waals surface area contributed by atoms with E-state index < -0.39 is 0 Å². The Morgan fingerprint density at radius 2 is 2.12 bits per heavy atom. The minimum Gasteiger partial charge on any atom is -0.314 e. The number of nitrogens with one attached hydrogen (secondary N) is 1. The van der Waals surface area contributed by atoms with Crippen molar-refractivity contribution in [3.05, 3.63) is 0 Å². The maximum atomic E-state index is 5.72. The Hall–Kier alpha value is -0.0800. The smallest absolute Gasteiger partial charge is 0.0630 e. The molecule has 0 radical (unpaired) electrons. The van der Waals surface area contributed by atoms with Crippen LogP contribution in [0.25, 0.3) is 0 Å². The van der Waals surface area contributed by atoms with Crippen molar-refractivity contribution < 1.29 is 0 Å². The summed E-state index contributed by atoms with van der Waals surface area (Å²) in [6, 6.07) is 0. The van der Waals surface area contributed by atoms with Crippen LogP contribution in [0.1, 0.15) is 26.7 Å². The second-order valence-corrected chi connectivity index (χ2v) is 2.42. The number of hydrogen-bond donors (Lipinski definition) is 2. The summed E-state index contributed by atoms with van der Waals surface area (Å²) in [7, 11) is 1.88. The molecule has 2 nitrogen and oxygen atoms in total. The molecule has 1 atom stereocenters. The molecular weight excluding hydrogens is 100 g/mol. The topological polar surface area (TPSA) is 38.0 Å². The first-order valence-electron chi connectivity index (χ1n) is 3.10. The largest absolute Gasteiger partial charge is 0.314 e. The molecule has 2 heteroatoms. The summed E-state index contributed by atoms with van der Waals surface area (Å²) in [6.07, 6.45) is 2.16. The first-order valence-corrected chi connectivity index (χ1v) is 3.10. The van der Waals surface area contributed by atoms with E-state index in [9.17, 15) is 0 Å². The zero-order chi connectivity index (χ0) is 6.62. The molecule has 0 aromatic heterocycles. The van der Waals surface area contributed by atoms with E-state index in [1.54, 1.807) is 0 Å². The summed E-state index contributed by atoms with van der Waals surface area (Å²) >= 11 is 0. The lowest BCUT2D eigenvalue weighted by atomic mass is 10.1. The molecule has 0 amide bonds. The van der Waals surface area contributed by atoms with E-state index in [0.717, 1.165) is 12.8 Å². The quantitative estimate of drug-likeness (QED) is 0.532. The average molecular weight is 116 g/mol. The van der Waals surface area contributed by atoms with Gasteiger partial charge >= 0.3 is 0 Å². The van der Waals surface area contributed by atoms with Crippen LogP contribution in [0.15, 0.2) is 0 Å². The minimum atomic E-state index is -0.158. The van der Waals surface area contributed by atoms with Crippen molar-refractivity contribution in [3.63, 3.8) is 0 Å². The number of rotatable bonds is 3. The molecule has 0 aliphatic rings. The molecule has 50 valence electrons. The maximum Gasteiger partial charge on any atom is 0.0630 e. The molecule has 1 unspecified atom stereocenters. The Labute approximate surface area is 51.5 Å². The van der Waals surface area contributed by atoms with Gasteiger partial charge in [-0.3, -0.25) is 0 Å². The van der Waals surface area contributed by atoms with Gasteiger partial charge in [-0.2, -0.15) is 0 Å². The van der Waals surface area contributed by atoms with Crippen molar-refractivity contribution in [1.29, 1.82) is 0 Å². The van der Waals surface area contributed by atoms with E-state index in [-0.39, 0.29) is 5.66 Å². The Bertz CT molecular complexity index is 59.5. The molecule has 0 aromatic carbocycles. The van der Waals surface area contributed by atoms with Crippen LogP contribution in [0.5, 0.6) is 0 Å². The minimum absolute atomic E-state index is 0.158. The highest BCUT2D eigenvalue weighted by Gasteiger charge is 2.11. The standard InChI is InChI=1S/C6H16N2/c1-4-5-6(2,7)8-3/h8H,4-5,7H2,1-3H3. The van der Waals surface area contributed by atoms with Gasteiger partial charge in [0.05, 0.1) is 5.66 Å². The van der Waals surface area contributed by atoms with E-state index in [1.165, 1.54) is 0 Å². The van der Waals surface area contributed by atoms with Gasteiger partial charge in [0.15, 0.2) is 0 Å². The lowest BCUT2D eigenvalue weighted by Crippen LogP contribution is -2.48. The van der Waals surface area contributed by atoms with Crippen LogP contribution in [0.2, 0.25) is 0 Å². The normalized spacial score (nSPS) is 18.0. The highest BCUT2D eigenvalue weighted by molar-refractivity contribution is 4.71. The predicted octanol–water partition coefficient (Wildman–Crippen LogP) is 0.681. The second kappa shape index (κ2) is 3.05. The first-order chi connectivity index (χ1) is 3.62. The summed E-state index contributed by atoms with van der Waals surface area (Å²) in [5.74, 6) is 0. The molecule has 0 aromatic rings. The summed E-state index contributed by atoms with van der Waals surface area (Å²) in [5, 5.41) is 3.02. The molecule has 0 saturated heterocycles. The summed E-state index contributed by atoms with van der Waals surface area (Å²) in [4.78, 5) is 0. The summed E-state index contributed by atoms with van der Waals surface area (Å²) < 4.78 is 0. The van der Waals surface area contributed by atoms with Gasteiger partial charge in [0.25, 0.3) is 0 Å². The maximum absolute atomic E-state index is 5.72. The third kappa shape index (κ3) is 2.99. The molecular formula is C6H16N2. The lowest BCUT2D eigenvalue weighted by Gasteiger charge is -2.22. The zero-order valence-electron chi connectivity index (χ0n) is 5.99. The Morgan fingerprint density at radius 1 is 1.62 bits per heavy atom. The second-order valence-electron chi connectivity index (χ2n) is 2.42. The Kier molecular flexibility index (Phi) is 3.02. The van der Waals surface area contributed by atoms with Crippen LogP contribution >= 0.6 is 0 Å². The van der Waals surface area contributed by atoms with Crippen molar-refractivity contribution in [3.8, 4) is 0 Å². The van der Waals surface area contributed by atoms with Crippen molar-refractivity contribution in [1.82, 2.24) is 5.32 Å². The molecule has 0 aliphatic carbocycles. The fourth-order valence-corrected chi connectivity index (χ4v) is 0.644. The van der Waals surface area contributed by atoms with Gasteiger partial charge in [-0.25, -0.2) is 0 Å². The number of hydrogen-bond acceptors (Lipinski definition) is 2. The van der Waals surface area contributed by atoms with Gasteiger partial charge in [-0.15, -0.1) is 0 Å². The van der Waals surface area contributed by atoms with Crippen LogP contribution in [0, 0.1) is 0 Å². The van der Waals surface area contributed by atoms with E-state index >= 15 is 0 Å². The Balaban J connectivity index is 3.37. The fourth-order valence-electron chi connectivity index (χ4n) is 0.644. The van der Waals surface area contributed by atoms with E-state index in [1.807, 2.05) is 14.0 Å². The summed E-state index contributed by atoms with van der Waals surface area (Å²) in [6.45, 7) is 4.12. The van der Waals surface area contributed by atoms with E-state index in [4.69, 9.17) is 5.73 Å². The molecule has 0 fully saturated rings. The molecule has 0 aliphatic heterocycles. The van der Waals surface area contributed by atoms with Crippen LogP contribution in [0.3, 0.4) is 0 Å². The Morgan fingerprint density at radius 3 is 2.25 bits per heavy atom. The van der Waals surface area contributed by atoms with Crippen LogP contribution in [0.4, 0.5) is 0 Å². The van der Waals surface area contributed by atoms with Crippen LogP contribution in [-0.2, 0) is 0 Å². The van der Waals surface area contributed by atoms with Gasteiger partial charge in [0.2, 0.25) is 0 Å². The summed E-state index contributed by atoms with van der Waals surface area (Å²) in [5.41, 5.74) is 5.56. The average Bonchev–Trinajstić information content (AvgIpc) is 1.67.